The van der Waals surface area contributed by atoms with Crippen LogP contribution in [0.3, 0.4) is 0 Å². The summed E-state index contributed by atoms with van der Waals surface area (Å²) in [6.07, 6.45) is -9.21. The highest BCUT2D eigenvalue weighted by atomic mass is 19.4. The van der Waals surface area contributed by atoms with Crippen LogP contribution < -0.4 is 5.73 Å². The topological polar surface area (TPSA) is 50.7 Å². The van der Waals surface area contributed by atoms with E-state index in [1.54, 1.807) is 0 Å². The minimum atomic E-state index is -4.66. The lowest BCUT2D eigenvalue weighted by molar-refractivity contribution is -0.138. The maximum atomic E-state index is 12.7. The molecule has 2 aromatic rings. The van der Waals surface area contributed by atoms with Crippen LogP contribution in [0.5, 0.6) is 0 Å². The molecule has 2 aromatic carbocycles. The first kappa shape index (κ1) is 16.8. The van der Waals surface area contributed by atoms with Crippen molar-refractivity contribution in [2.45, 2.75) is 12.4 Å². The number of anilines is 1. The summed E-state index contributed by atoms with van der Waals surface area (Å²) < 4.78 is 75.7. The summed E-state index contributed by atoms with van der Waals surface area (Å²) in [5.74, 6) is 0. The van der Waals surface area contributed by atoms with E-state index in [1.165, 1.54) is 12.1 Å². The van der Waals surface area contributed by atoms with Crippen LogP contribution in [-0.4, -0.2) is 0 Å². The second kappa shape index (κ2) is 5.90. The maximum Gasteiger partial charge on any atom is 0.418 e. The lowest BCUT2D eigenvalue weighted by Gasteiger charge is -2.09. The number of azo groups is 1. The van der Waals surface area contributed by atoms with E-state index in [0.29, 0.717) is 6.07 Å². The Kier molecular flexibility index (Phi) is 4.31. The molecule has 0 aromatic heterocycles. The Morgan fingerprint density at radius 1 is 0.739 bits per heavy atom. The number of halogens is 6. The summed E-state index contributed by atoms with van der Waals surface area (Å²) in [5.41, 5.74) is 2.43. The van der Waals surface area contributed by atoms with Gasteiger partial charge in [-0.3, -0.25) is 0 Å². The monoisotopic (exact) mass is 333 g/mol. The maximum absolute atomic E-state index is 12.7. The van der Waals surface area contributed by atoms with Crippen LogP contribution in [0.15, 0.2) is 52.7 Å². The third-order valence-electron chi connectivity index (χ3n) is 2.80. The van der Waals surface area contributed by atoms with Gasteiger partial charge >= 0.3 is 12.4 Å². The van der Waals surface area contributed by atoms with Gasteiger partial charge in [-0.1, -0.05) is 6.07 Å². The van der Waals surface area contributed by atoms with E-state index in [0.717, 1.165) is 24.3 Å². The lowest BCUT2D eigenvalue weighted by Crippen LogP contribution is -2.08. The molecule has 3 nitrogen and oxygen atoms in total. The highest BCUT2D eigenvalue weighted by Gasteiger charge is 2.33. The largest absolute Gasteiger partial charge is 0.418 e. The van der Waals surface area contributed by atoms with Crippen molar-refractivity contribution in [3.63, 3.8) is 0 Å². The van der Waals surface area contributed by atoms with Crippen LogP contribution in [0.25, 0.3) is 0 Å². The standard InChI is InChI=1S/C14H9F6N3/c15-13(16,17)8-2-1-3-9(6-8)22-23-10-4-5-12(21)11(7-10)14(18,19)20/h1-7H,21H2/b23-22+. The van der Waals surface area contributed by atoms with E-state index in [9.17, 15) is 26.3 Å². The molecule has 0 spiro atoms. The Labute approximate surface area is 126 Å². The van der Waals surface area contributed by atoms with Crippen molar-refractivity contribution in [2.75, 3.05) is 5.73 Å². The zero-order valence-corrected chi connectivity index (χ0v) is 11.3. The first-order chi connectivity index (χ1) is 10.6. The lowest BCUT2D eigenvalue weighted by atomic mass is 10.1. The normalized spacial score (nSPS) is 12.8. The molecule has 0 saturated heterocycles. The van der Waals surface area contributed by atoms with E-state index in [4.69, 9.17) is 5.73 Å². The predicted molar refractivity (Wildman–Crippen MR) is 71.5 cm³/mol. The van der Waals surface area contributed by atoms with Gasteiger partial charge in [-0.2, -0.15) is 36.6 Å². The van der Waals surface area contributed by atoms with Crippen LogP contribution in [0.2, 0.25) is 0 Å². The van der Waals surface area contributed by atoms with Crippen LogP contribution >= 0.6 is 0 Å². The molecule has 2 rings (SSSR count). The number of nitrogens with two attached hydrogens (primary N) is 1. The van der Waals surface area contributed by atoms with Gasteiger partial charge in [0.25, 0.3) is 0 Å². The molecule has 2 N–H and O–H groups in total. The van der Waals surface area contributed by atoms with Gasteiger partial charge in [-0.15, -0.1) is 0 Å². The van der Waals surface area contributed by atoms with Gasteiger partial charge in [0.2, 0.25) is 0 Å². The molecule has 0 aliphatic carbocycles. The van der Waals surface area contributed by atoms with Gasteiger partial charge in [0.1, 0.15) is 0 Å². The van der Waals surface area contributed by atoms with Crippen molar-refractivity contribution < 1.29 is 26.3 Å². The van der Waals surface area contributed by atoms with Crippen LogP contribution in [0, 0.1) is 0 Å². The third kappa shape index (κ3) is 4.21. The van der Waals surface area contributed by atoms with E-state index < -0.39 is 29.2 Å². The van der Waals surface area contributed by atoms with Gasteiger partial charge in [-0.05, 0) is 36.4 Å². The predicted octanol–water partition coefficient (Wildman–Crippen LogP) is 5.72. The summed E-state index contributed by atoms with van der Waals surface area (Å²) in [7, 11) is 0. The molecular weight excluding hydrogens is 324 g/mol. The molecule has 23 heavy (non-hydrogen) atoms. The molecular formula is C14H9F6N3. The number of alkyl halides is 6. The van der Waals surface area contributed by atoms with Crippen LogP contribution in [0.1, 0.15) is 11.1 Å². The molecule has 0 fully saturated rings. The Morgan fingerprint density at radius 2 is 1.35 bits per heavy atom. The number of hydrogen-bond acceptors (Lipinski definition) is 3. The van der Waals surface area contributed by atoms with E-state index in [2.05, 4.69) is 10.2 Å². The molecule has 0 heterocycles. The number of nitrogen functional groups attached to an aromatic ring is 1. The van der Waals surface area contributed by atoms with Crippen molar-refractivity contribution in [1.29, 1.82) is 0 Å². The van der Waals surface area contributed by atoms with Crippen molar-refractivity contribution in [1.82, 2.24) is 0 Å². The van der Waals surface area contributed by atoms with Crippen molar-refractivity contribution in [3.05, 3.63) is 53.6 Å². The Hall–Kier alpha value is -2.58. The molecule has 0 aliphatic heterocycles. The Bertz CT molecular complexity index is 734. The first-order valence-electron chi connectivity index (χ1n) is 6.13. The Morgan fingerprint density at radius 3 is 1.91 bits per heavy atom. The molecule has 9 heteroatoms. The summed E-state index contributed by atoms with van der Waals surface area (Å²) in [6, 6.07) is 6.83. The Balaban J connectivity index is 2.31. The van der Waals surface area contributed by atoms with E-state index in [1.807, 2.05) is 0 Å². The van der Waals surface area contributed by atoms with Gasteiger partial charge in [-0.25, -0.2) is 0 Å². The SMILES string of the molecule is Nc1ccc(/N=N/c2cccc(C(F)(F)F)c2)cc1C(F)(F)F. The van der Waals surface area contributed by atoms with E-state index >= 15 is 0 Å². The molecule has 0 saturated carbocycles. The highest BCUT2D eigenvalue weighted by Crippen LogP contribution is 2.36. The quantitative estimate of drug-likeness (QED) is 0.426. The molecule has 0 atom stereocenters. The number of rotatable bonds is 2. The summed E-state index contributed by atoms with van der Waals surface area (Å²) in [6.45, 7) is 0. The first-order valence-corrected chi connectivity index (χ1v) is 6.13. The zero-order valence-electron chi connectivity index (χ0n) is 11.3. The fraction of sp³-hybridized carbons (Fsp3) is 0.143. The molecule has 0 amide bonds. The summed E-state index contributed by atoms with van der Waals surface area (Å²) >= 11 is 0. The van der Waals surface area contributed by atoms with Crippen molar-refractivity contribution in [3.8, 4) is 0 Å². The number of nitrogens with zero attached hydrogens (tertiary/aromatic N) is 2. The smallest absolute Gasteiger partial charge is 0.398 e. The van der Waals surface area contributed by atoms with E-state index in [-0.39, 0.29) is 11.4 Å². The average Bonchev–Trinajstić information content (AvgIpc) is 2.44. The molecule has 0 aliphatic rings. The fourth-order valence-corrected chi connectivity index (χ4v) is 1.71. The second-order valence-electron chi connectivity index (χ2n) is 4.52. The summed E-state index contributed by atoms with van der Waals surface area (Å²) in [4.78, 5) is 0. The summed E-state index contributed by atoms with van der Waals surface area (Å²) in [5, 5.41) is 7.04. The molecule has 0 unspecified atom stereocenters. The third-order valence-corrected chi connectivity index (χ3v) is 2.80. The average molecular weight is 333 g/mol. The number of hydrogen-bond donors (Lipinski definition) is 1. The highest BCUT2D eigenvalue weighted by molar-refractivity contribution is 5.56. The molecule has 0 bridgehead atoms. The molecule has 0 radical (unpaired) electrons. The van der Waals surface area contributed by atoms with Crippen molar-refractivity contribution in [2.24, 2.45) is 10.2 Å². The van der Waals surface area contributed by atoms with Gasteiger partial charge in [0.15, 0.2) is 0 Å². The van der Waals surface area contributed by atoms with Crippen LogP contribution in [0.4, 0.5) is 43.4 Å². The van der Waals surface area contributed by atoms with Gasteiger partial charge in [0, 0.05) is 5.69 Å². The van der Waals surface area contributed by atoms with Crippen molar-refractivity contribution >= 4 is 17.1 Å². The minimum absolute atomic E-state index is 0.134. The molecule has 122 valence electrons. The van der Waals surface area contributed by atoms with Gasteiger partial charge in [0.05, 0.1) is 22.5 Å². The number of benzene rings is 2. The zero-order chi connectivity index (χ0) is 17.3. The van der Waals surface area contributed by atoms with Crippen LogP contribution in [-0.2, 0) is 12.4 Å². The van der Waals surface area contributed by atoms with Gasteiger partial charge < -0.3 is 5.73 Å². The fourth-order valence-electron chi connectivity index (χ4n) is 1.71. The minimum Gasteiger partial charge on any atom is -0.398 e. The second-order valence-corrected chi connectivity index (χ2v) is 4.52.